The van der Waals surface area contributed by atoms with Crippen LogP contribution in [0.4, 0.5) is 27.7 Å². The highest BCUT2D eigenvalue weighted by molar-refractivity contribution is 5.99. The number of amides is 1. The van der Waals surface area contributed by atoms with Crippen molar-refractivity contribution in [3.63, 3.8) is 0 Å². The van der Waals surface area contributed by atoms with Gasteiger partial charge in [-0.2, -0.15) is 4.98 Å². The van der Waals surface area contributed by atoms with E-state index in [0.717, 1.165) is 38.0 Å². The molecule has 0 unspecified atom stereocenters. The lowest BCUT2D eigenvalue weighted by Crippen LogP contribution is -2.25. The van der Waals surface area contributed by atoms with Crippen molar-refractivity contribution in [2.75, 3.05) is 30.3 Å². The number of carbonyl (C=O) groups is 1. The Morgan fingerprint density at radius 1 is 1.14 bits per heavy atom. The first kappa shape index (κ1) is 23.1. The second-order valence-electron chi connectivity index (χ2n) is 8.94. The number of halogens is 1. The zero-order valence-electron chi connectivity index (χ0n) is 19.5. The number of pyridine rings is 1. The first-order valence-electron chi connectivity index (χ1n) is 11.8. The Labute approximate surface area is 202 Å². The summed E-state index contributed by atoms with van der Waals surface area (Å²) in [4.78, 5) is 25.9. The Kier molecular flexibility index (Phi) is 6.31. The summed E-state index contributed by atoms with van der Waals surface area (Å²) in [5, 5.41) is 21.9. The van der Waals surface area contributed by atoms with Gasteiger partial charge in [0.15, 0.2) is 11.6 Å². The molecule has 0 atom stereocenters. The van der Waals surface area contributed by atoms with Crippen molar-refractivity contribution in [2.45, 2.75) is 38.1 Å². The number of benzene rings is 1. The summed E-state index contributed by atoms with van der Waals surface area (Å²) in [6.07, 6.45) is 3.98. The molecular weight excluding hydrogens is 449 g/mol. The fourth-order valence-corrected chi connectivity index (χ4v) is 4.23. The van der Waals surface area contributed by atoms with Gasteiger partial charge in [0.25, 0.3) is 5.91 Å². The summed E-state index contributed by atoms with van der Waals surface area (Å²) in [7, 11) is 0. The van der Waals surface area contributed by atoms with E-state index in [1.54, 1.807) is 13.0 Å². The van der Waals surface area contributed by atoms with Gasteiger partial charge in [0, 0.05) is 30.4 Å². The van der Waals surface area contributed by atoms with Crippen LogP contribution in [0.3, 0.4) is 0 Å². The van der Waals surface area contributed by atoms with Gasteiger partial charge in [-0.05, 0) is 68.1 Å². The fraction of sp³-hybridized carbons (Fsp3) is 0.360. The van der Waals surface area contributed by atoms with Crippen LogP contribution in [0.15, 0.2) is 36.5 Å². The Balaban J connectivity index is 1.46. The van der Waals surface area contributed by atoms with Crippen LogP contribution in [0.25, 0.3) is 0 Å². The van der Waals surface area contributed by atoms with Gasteiger partial charge in [-0.1, -0.05) is 6.07 Å². The van der Waals surface area contributed by atoms with Crippen molar-refractivity contribution in [3.05, 3.63) is 64.7 Å². The minimum Gasteiger partial charge on any atom is -0.395 e. The summed E-state index contributed by atoms with van der Waals surface area (Å²) in [5.41, 5.74) is 3.68. The Bertz CT molecular complexity index is 1260. The molecule has 5 rings (SSSR count). The molecule has 3 aromatic rings. The third kappa shape index (κ3) is 4.80. The summed E-state index contributed by atoms with van der Waals surface area (Å²) >= 11 is 0. The molecule has 1 aromatic carbocycles. The van der Waals surface area contributed by atoms with E-state index in [2.05, 4.69) is 42.3 Å². The zero-order valence-corrected chi connectivity index (χ0v) is 19.5. The van der Waals surface area contributed by atoms with E-state index in [1.165, 1.54) is 23.4 Å². The van der Waals surface area contributed by atoms with Crippen molar-refractivity contribution in [2.24, 2.45) is 0 Å². The van der Waals surface area contributed by atoms with E-state index in [-0.39, 0.29) is 35.7 Å². The van der Waals surface area contributed by atoms with Gasteiger partial charge in [0.1, 0.15) is 11.4 Å². The first-order valence-corrected chi connectivity index (χ1v) is 11.8. The molecule has 10 heteroatoms. The highest BCUT2D eigenvalue weighted by Crippen LogP contribution is 2.47. The van der Waals surface area contributed by atoms with Crippen molar-refractivity contribution >= 4 is 29.2 Å². The van der Waals surface area contributed by atoms with Crippen molar-refractivity contribution in [1.29, 1.82) is 0 Å². The predicted octanol–water partition coefficient (Wildman–Crippen LogP) is 2.92. The molecular formula is C25H28FN7O2. The molecule has 182 valence electrons. The van der Waals surface area contributed by atoms with Crippen LogP contribution >= 0.6 is 0 Å². The molecule has 2 aliphatic rings. The Morgan fingerprint density at radius 3 is 2.77 bits per heavy atom. The topological polar surface area (TPSA) is 124 Å². The highest BCUT2D eigenvalue weighted by Gasteiger charge is 2.45. The summed E-state index contributed by atoms with van der Waals surface area (Å²) in [5.74, 6) is -0.635. The van der Waals surface area contributed by atoms with Crippen molar-refractivity contribution in [1.82, 2.24) is 25.6 Å². The fourth-order valence-electron chi connectivity index (χ4n) is 4.23. The Hall–Kier alpha value is -3.63. The van der Waals surface area contributed by atoms with Gasteiger partial charge in [0.05, 0.1) is 12.3 Å². The molecule has 1 fully saturated rings. The maximum atomic E-state index is 14.7. The van der Waals surface area contributed by atoms with E-state index >= 15 is 0 Å². The van der Waals surface area contributed by atoms with Gasteiger partial charge in [-0.15, -0.1) is 0 Å². The van der Waals surface area contributed by atoms with Crippen molar-refractivity contribution in [3.8, 4) is 0 Å². The lowest BCUT2D eigenvalue weighted by atomic mass is 10.0. The van der Waals surface area contributed by atoms with Crippen LogP contribution in [0.5, 0.6) is 0 Å². The van der Waals surface area contributed by atoms with E-state index in [0.29, 0.717) is 12.2 Å². The number of nitrogens with one attached hydrogen (secondary N) is 4. The first-order chi connectivity index (χ1) is 17.0. The summed E-state index contributed by atoms with van der Waals surface area (Å²) in [6, 6.07) is 9.00. The molecule has 0 bridgehead atoms. The standard InChI is InChI=1S/C25H28FN7O2/c1-2-28-23(35)18-13-29-24(30-17-4-3-15-7-10-27-12-16(15)11-17)33-21(18)32-22-19(26)5-6-20(31-22)25(14-34)8-9-25/h3-6,11,13,27,34H,2,7-10,12,14H2,1H3,(H,28,35)(H2,29,30,31,32,33). The number of hydrogen-bond donors (Lipinski definition) is 5. The van der Waals surface area contributed by atoms with Crippen molar-refractivity contribution < 1.29 is 14.3 Å². The normalized spacial score (nSPS) is 15.7. The second-order valence-corrected chi connectivity index (χ2v) is 8.94. The summed E-state index contributed by atoms with van der Waals surface area (Å²) in [6.45, 7) is 3.94. The van der Waals surface area contributed by atoms with Crippen LogP contribution in [0.2, 0.25) is 0 Å². The molecule has 1 aliphatic heterocycles. The number of aliphatic hydroxyl groups excluding tert-OH is 1. The number of aromatic nitrogens is 3. The largest absolute Gasteiger partial charge is 0.395 e. The lowest BCUT2D eigenvalue weighted by molar-refractivity contribution is 0.0956. The summed E-state index contributed by atoms with van der Waals surface area (Å²) < 4.78 is 14.7. The number of rotatable bonds is 8. The average Bonchev–Trinajstić information content (AvgIpc) is 3.67. The third-order valence-corrected chi connectivity index (χ3v) is 6.50. The molecule has 35 heavy (non-hydrogen) atoms. The predicted molar refractivity (Wildman–Crippen MR) is 131 cm³/mol. The third-order valence-electron chi connectivity index (χ3n) is 6.50. The zero-order chi connectivity index (χ0) is 24.4. The SMILES string of the molecule is CCNC(=O)c1cnc(Nc2ccc3c(c2)CNCC3)nc1Nc1nc(C2(CO)CC2)ccc1F. The molecule has 0 saturated heterocycles. The highest BCUT2D eigenvalue weighted by atomic mass is 19.1. The molecule has 9 nitrogen and oxygen atoms in total. The number of aliphatic hydroxyl groups is 1. The lowest BCUT2D eigenvalue weighted by Gasteiger charge is -2.18. The second kappa shape index (κ2) is 9.55. The number of carbonyl (C=O) groups excluding carboxylic acids is 1. The molecule has 0 radical (unpaired) electrons. The van der Waals surface area contributed by atoms with Gasteiger partial charge < -0.3 is 26.4 Å². The molecule has 1 aliphatic carbocycles. The van der Waals surface area contributed by atoms with Gasteiger partial charge in [-0.25, -0.2) is 14.4 Å². The number of anilines is 4. The molecule has 1 amide bonds. The Morgan fingerprint density at radius 2 is 2.00 bits per heavy atom. The molecule has 3 heterocycles. The minimum atomic E-state index is -0.584. The maximum Gasteiger partial charge on any atom is 0.256 e. The van der Waals surface area contributed by atoms with Crippen LogP contribution in [-0.2, 0) is 18.4 Å². The van der Waals surface area contributed by atoms with E-state index in [4.69, 9.17) is 0 Å². The smallest absolute Gasteiger partial charge is 0.256 e. The molecule has 5 N–H and O–H groups in total. The molecule has 2 aromatic heterocycles. The van der Waals surface area contributed by atoms with Gasteiger partial charge in [-0.3, -0.25) is 4.79 Å². The van der Waals surface area contributed by atoms with Crippen LogP contribution in [-0.4, -0.2) is 45.7 Å². The number of hydrogen-bond acceptors (Lipinski definition) is 8. The molecule has 0 spiro atoms. The van der Waals surface area contributed by atoms with E-state index in [9.17, 15) is 14.3 Å². The molecule has 1 saturated carbocycles. The minimum absolute atomic E-state index is 0.0485. The maximum absolute atomic E-state index is 14.7. The van der Waals surface area contributed by atoms with Crippen LogP contribution in [0.1, 0.15) is 46.9 Å². The van der Waals surface area contributed by atoms with Crippen LogP contribution < -0.4 is 21.3 Å². The van der Waals surface area contributed by atoms with E-state index in [1.807, 2.05) is 12.1 Å². The quantitative estimate of drug-likeness (QED) is 0.336. The van der Waals surface area contributed by atoms with E-state index < -0.39 is 11.2 Å². The average molecular weight is 478 g/mol. The number of fused-ring (bicyclic) bond motifs is 1. The van der Waals surface area contributed by atoms with Gasteiger partial charge >= 0.3 is 0 Å². The number of nitrogens with zero attached hydrogens (tertiary/aromatic N) is 3. The monoisotopic (exact) mass is 477 g/mol. The van der Waals surface area contributed by atoms with Gasteiger partial charge in [0.2, 0.25) is 5.95 Å². The van der Waals surface area contributed by atoms with Crippen LogP contribution in [0, 0.1) is 5.82 Å².